The van der Waals surface area contributed by atoms with Gasteiger partial charge in [0, 0.05) is 12.4 Å². The van der Waals surface area contributed by atoms with Crippen molar-refractivity contribution >= 4 is 34.8 Å². The Morgan fingerprint density at radius 2 is 1.29 bits per heavy atom. The van der Waals surface area contributed by atoms with Crippen LogP contribution >= 0.6 is 23.2 Å². The second kappa shape index (κ2) is 5.70. The molecule has 0 atom stereocenters. The Morgan fingerprint density at radius 1 is 0.824 bits per heavy atom. The molecule has 4 nitrogen and oxygen atoms in total. The van der Waals surface area contributed by atoms with Gasteiger partial charge in [-0.2, -0.15) is 0 Å². The molecule has 0 aliphatic carbocycles. The molecule has 0 amide bonds. The minimum Gasteiger partial charge on any atom is -0.353 e. The summed E-state index contributed by atoms with van der Waals surface area (Å²) in [4.78, 5) is 8.20. The average Bonchev–Trinajstić information content (AvgIpc) is 2.34. The normalized spacial score (nSPS) is 10.0. The van der Waals surface area contributed by atoms with E-state index in [2.05, 4.69) is 20.6 Å². The summed E-state index contributed by atoms with van der Waals surface area (Å²) in [5, 5.41) is 7.39. The molecule has 0 fully saturated rings. The maximum Gasteiger partial charge on any atom is 0.127 e. The van der Waals surface area contributed by atoms with Crippen molar-refractivity contribution in [2.75, 3.05) is 17.3 Å². The smallest absolute Gasteiger partial charge is 0.127 e. The van der Waals surface area contributed by atoms with Crippen molar-refractivity contribution in [2.45, 2.75) is 0 Å². The summed E-state index contributed by atoms with van der Waals surface area (Å²) < 4.78 is 0. The molecule has 0 aliphatic heterocycles. The van der Waals surface area contributed by atoms with Crippen LogP contribution in [-0.4, -0.2) is 16.6 Å². The molecule has 0 aliphatic rings. The molecule has 0 saturated heterocycles. The van der Waals surface area contributed by atoms with Gasteiger partial charge in [-0.25, -0.2) is 9.97 Å². The molecule has 2 aromatic heterocycles. The third-order valence-electron chi connectivity index (χ3n) is 1.99. The zero-order valence-corrected chi connectivity index (χ0v) is 10.3. The summed E-state index contributed by atoms with van der Waals surface area (Å²) in [6, 6.07) is 7.16. The zero-order chi connectivity index (χ0) is 12.1. The molecule has 6 heteroatoms. The van der Waals surface area contributed by atoms with E-state index in [0.717, 1.165) is 11.6 Å². The lowest BCUT2D eigenvalue weighted by Crippen LogP contribution is -2.13. The van der Waals surface area contributed by atoms with Crippen LogP contribution in [0.25, 0.3) is 0 Å². The lowest BCUT2D eigenvalue weighted by Gasteiger charge is -2.07. The highest BCUT2D eigenvalue weighted by Gasteiger charge is 1.95. The topological polar surface area (TPSA) is 49.8 Å². The van der Waals surface area contributed by atoms with Gasteiger partial charge in [-0.3, -0.25) is 0 Å². The van der Waals surface area contributed by atoms with Gasteiger partial charge in [-0.05, 0) is 24.3 Å². The van der Waals surface area contributed by atoms with Crippen LogP contribution in [0.15, 0.2) is 36.7 Å². The molecule has 88 valence electrons. The molecular formula is C11H10Cl2N4. The minimum absolute atomic E-state index is 0.517. The number of rotatable bonds is 4. The van der Waals surface area contributed by atoms with Crippen LogP contribution in [0.2, 0.25) is 10.0 Å². The minimum atomic E-state index is 0.517. The fourth-order valence-electron chi connectivity index (χ4n) is 1.19. The first-order valence-corrected chi connectivity index (χ1v) is 5.70. The third-order valence-corrected chi connectivity index (χ3v) is 2.44. The number of nitrogens with one attached hydrogen (secondary N) is 2. The molecule has 2 N–H and O–H groups in total. The van der Waals surface area contributed by atoms with Crippen molar-refractivity contribution in [3.05, 3.63) is 46.7 Å². The van der Waals surface area contributed by atoms with Crippen LogP contribution in [0.1, 0.15) is 0 Å². The van der Waals surface area contributed by atoms with Crippen LogP contribution in [-0.2, 0) is 0 Å². The highest BCUT2D eigenvalue weighted by molar-refractivity contribution is 6.30. The molecule has 0 radical (unpaired) electrons. The molecule has 2 aromatic rings. The van der Waals surface area contributed by atoms with Gasteiger partial charge in [-0.1, -0.05) is 23.2 Å². The van der Waals surface area contributed by atoms with Crippen LogP contribution < -0.4 is 10.6 Å². The summed E-state index contributed by atoms with van der Waals surface area (Å²) >= 11 is 11.5. The van der Waals surface area contributed by atoms with E-state index in [9.17, 15) is 0 Å². The van der Waals surface area contributed by atoms with Crippen molar-refractivity contribution in [3.63, 3.8) is 0 Å². The van der Waals surface area contributed by atoms with Crippen molar-refractivity contribution in [1.82, 2.24) is 9.97 Å². The molecule has 0 spiro atoms. The number of pyridine rings is 2. The first-order chi connectivity index (χ1) is 8.24. The number of hydrogen-bond donors (Lipinski definition) is 2. The fraction of sp³-hybridized carbons (Fsp3) is 0.0909. The van der Waals surface area contributed by atoms with Gasteiger partial charge in [0.05, 0.1) is 16.7 Å². The summed E-state index contributed by atoms with van der Waals surface area (Å²) in [5.74, 6) is 1.49. The van der Waals surface area contributed by atoms with Gasteiger partial charge in [0.1, 0.15) is 11.6 Å². The fourth-order valence-corrected chi connectivity index (χ4v) is 1.41. The summed E-state index contributed by atoms with van der Waals surface area (Å²) in [6.07, 6.45) is 3.18. The second-order valence-electron chi connectivity index (χ2n) is 3.25. The van der Waals surface area contributed by atoms with E-state index in [4.69, 9.17) is 23.2 Å². The van der Waals surface area contributed by atoms with E-state index in [1.54, 1.807) is 36.7 Å². The van der Waals surface area contributed by atoms with Crippen LogP contribution in [0.5, 0.6) is 0 Å². The molecular weight excluding hydrogens is 259 g/mol. The Bertz CT molecular complexity index is 424. The maximum absolute atomic E-state index is 5.73. The largest absolute Gasteiger partial charge is 0.353 e. The third kappa shape index (κ3) is 3.76. The highest BCUT2D eigenvalue weighted by Crippen LogP contribution is 2.10. The van der Waals surface area contributed by atoms with Crippen molar-refractivity contribution in [2.24, 2.45) is 0 Å². The number of halogens is 2. The molecule has 2 rings (SSSR count). The lowest BCUT2D eigenvalue weighted by atomic mass is 10.4. The van der Waals surface area contributed by atoms with E-state index in [-0.39, 0.29) is 0 Å². The van der Waals surface area contributed by atoms with E-state index in [0.29, 0.717) is 16.7 Å². The predicted molar refractivity (Wildman–Crippen MR) is 70.6 cm³/mol. The van der Waals surface area contributed by atoms with E-state index in [1.165, 1.54) is 0 Å². The summed E-state index contributed by atoms with van der Waals surface area (Å²) in [7, 11) is 0. The predicted octanol–water partition coefficient (Wildman–Crippen LogP) is 3.26. The van der Waals surface area contributed by atoms with Gasteiger partial charge < -0.3 is 10.6 Å². The average molecular weight is 269 g/mol. The summed E-state index contributed by atoms with van der Waals surface area (Å²) in [6.45, 7) is 0.517. The van der Waals surface area contributed by atoms with Crippen LogP contribution in [0, 0.1) is 0 Å². The zero-order valence-electron chi connectivity index (χ0n) is 8.82. The highest BCUT2D eigenvalue weighted by atomic mass is 35.5. The van der Waals surface area contributed by atoms with E-state index >= 15 is 0 Å². The quantitative estimate of drug-likeness (QED) is 0.836. The molecule has 0 aromatic carbocycles. The molecule has 0 saturated carbocycles. The Morgan fingerprint density at radius 3 is 1.65 bits per heavy atom. The molecule has 17 heavy (non-hydrogen) atoms. The monoisotopic (exact) mass is 268 g/mol. The number of aromatic nitrogens is 2. The Labute approximate surface area is 109 Å². The first kappa shape index (κ1) is 12.0. The maximum atomic E-state index is 5.73. The number of nitrogens with zero attached hydrogens (tertiary/aromatic N) is 2. The first-order valence-electron chi connectivity index (χ1n) is 4.95. The Balaban J connectivity index is 1.83. The SMILES string of the molecule is Clc1ccc(NCNc2ccc(Cl)cn2)nc1. The Kier molecular flexibility index (Phi) is 4.01. The van der Waals surface area contributed by atoms with Gasteiger partial charge in [0.15, 0.2) is 0 Å². The van der Waals surface area contributed by atoms with Crippen molar-refractivity contribution in [3.8, 4) is 0 Å². The molecule has 0 unspecified atom stereocenters. The summed E-state index contributed by atoms with van der Waals surface area (Å²) in [5.41, 5.74) is 0. The van der Waals surface area contributed by atoms with E-state index in [1.807, 2.05) is 0 Å². The number of hydrogen-bond acceptors (Lipinski definition) is 4. The van der Waals surface area contributed by atoms with Crippen molar-refractivity contribution < 1.29 is 0 Å². The Hall–Kier alpha value is -1.52. The lowest BCUT2D eigenvalue weighted by molar-refractivity contribution is 1.13. The van der Waals surface area contributed by atoms with Crippen LogP contribution in [0.3, 0.4) is 0 Å². The standard InChI is InChI=1S/C11H10Cl2N4/c12-8-1-3-10(14-5-8)16-7-17-11-4-2-9(13)6-15-11/h1-6H,7H2,(H,14,16)(H,15,17). The van der Waals surface area contributed by atoms with Crippen LogP contribution in [0.4, 0.5) is 11.6 Å². The van der Waals surface area contributed by atoms with Gasteiger partial charge >= 0.3 is 0 Å². The molecule has 2 heterocycles. The molecule has 0 bridgehead atoms. The van der Waals surface area contributed by atoms with Gasteiger partial charge in [0.25, 0.3) is 0 Å². The number of anilines is 2. The van der Waals surface area contributed by atoms with Crippen molar-refractivity contribution in [1.29, 1.82) is 0 Å². The van der Waals surface area contributed by atoms with Gasteiger partial charge in [-0.15, -0.1) is 0 Å². The van der Waals surface area contributed by atoms with Gasteiger partial charge in [0.2, 0.25) is 0 Å². The van der Waals surface area contributed by atoms with E-state index < -0.39 is 0 Å². The second-order valence-corrected chi connectivity index (χ2v) is 4.13.